The number of nitrogens with zero attached hydrogens (tertiary/aromatic N) is 3. The number of likely N-dealkylation sites (tertiary alicyclic amines) is 1. The standard InChI is InChI=1S/C17H23N3O3.2C2HF3O2/c21-17(20-5-2-6-23-20)16-12-22-11-14-9-19(10-15(14)16)8-13-3-1-4-18-7-13;2*3-2(4,5)1(6)7/h1,3-4,7,14-16H,2,5-6,8-12H2;2*(H,6,7)/t14-,15-,16-;;/m1../s1. The van der Waals surface area contributed by atoms with E-state index >= 15 is 0 Å². The Kier molecular flexibility index (Phi) is 10.6. The van der Waals surface area contributed by atoms with Gasteiger partial charge in [-0.1, -0.05) is 6.07 Å². The van der Waals surface area contributed by atoms with Crippen molar-refractivity contribution >= 4 is 17.8 Å². The van der Waals surface area contributed by atoms with Crippen molar-refractivity contribution in [2.24, 2.45) is 17.8 Å². The molecule has 1 aromatic rings. The van der Waals surface area contributed by atoms with Gasteiger partial charge in [0, 0.05) is 32.0 Å². The van der Waals surface area contributed by atoms with Crippen LogP contribution in [-0.4, -0.2) is 94.8 Å². The summed E-state index contributed by atoms with van der Waals surface area (Å²) >= 11 is 0. The van der Waals surface area contributed by atoms with Crippen LogP contribution in [-0.2, 0) is 30.5 Å². The summed E-state index contributed by atoms with van der Waals surface area (Å²) in [5.41, 5.74) is 1.22. The monoisotopic (exact) mass is 545 g/mol. The lowest BCUT2D eigenvalue weighted by Crippen LogP contribution is -2.45. The summed E-state index contributed by atoms with van der Waals surface area (Å²) in [6.07, 6.45) is -5.52. The first-order chi connectivity index (χ1) is 17.2. The molecule has 3 atom stereocenters. The van der Waals surface area contributed by atoms with Crippen molar-refractivity contribution in [1.82, 2.24) is 14.9 Å². The highest BCUT2D eigenvalue weighted by Crippen LogP contribution is 2.36. The predicted molar refractivity (Wildman–Crippen MR) is 110 cm³/mol. The summed E-state index contributed by atoms with van der Waals surface area (Å²) in [5.74, 6) is -4.65. The SMILES string of the molecule is O=C(O)C(F)(F)F.O=C(O)C(F)(F)F.O=C([C@@H]1COC[C@H]2CN(Cc3cccnc3)C[C@H]21)N1CCCO1. The zero-order valence-corrected chi connectivity index (χ0v) is 19.2. The van der Waals surface area contributed by atoms with Crippen molar-refractivity contribution in [3.05, 3.63) is 30.1 Å². The second-order valence-corrected chi connectivity index (χ2v) is 8.36. The molecule has 37 heavy (non-hydrogen) atoms. The first-order valence-corrected chi connectivity index (χ1v) is 10.9. The molecule has 0 unspecified atom stereocenters. The maximum atomic E-state index is 12.7. The van der Waals surface area contributed by atoms with Crippen molar-refractivity contribution in [2.45, 2.75) is 25.3 Å². The minimum absolute atomic E-state index is 0.0641. The number of fused-ring (bicyclic) bond motifs is 1. The number of rotatable bonds is 3. The molecule has 3 aliphatic rings. The smallest absolute Gasteiger partial charge is 0.475 e. The Hall–Kier alpha value is -2.98. The average Bonchev–Trinajstić information content (AvgIpc) is 3.48. The third kappa shape index (κ3) is 9.44. The number of carbonyl (C=O) groups excluding carboxylic acids is 1. The molecule has 0 aromatic carbocycles. The zero-order valence-electron chi connectivity index (χ0n) is 19.2. The molecule has 16 heteroatoms. The van der Waals surface area contributed by atoms with Gasteiger partial charge in [0.1, 0.15) is 0 Å². The predicted octanol–water partition coefficient (Wildman–Crippen LogP) is 2.21. The highest BCUT2D eigenvalue weighted by atomic mass is 19.4. The molecule has 0 saturated carbocycles. The summed E-state index contributed by atoms with van der Waals surface area (Å²) in [6.45, 7) is 5.49. The van der Waals surface area contributed by atoms with Gasteiger partial charge in [0.25, 0.3) is 5.91 Å². The second-order valence-electron chi connectivity index (χ2n) is 8.36. The molecule has 4 heterocycles. The van der Waals surface area contributed by atoms with Crippen molar-refractivity contribution in [3.63, 3.8) is 0 Å². The van der Waals surface area contributed by atoms with Gasteiger partial charge in [-0.2, -0.15) is 26.3 Å². The van der Waals surface area contributed by atoms with Gasteiger partial charge in [-0.15, -0.1) is 0 Å². The van der Waals surface area contributed by atoms with Crippen LogP contribution in [0.4, 0.5) is 26.3 Å². The first-order valence-electron chi connectivity index (χ1n) is 10.9. The molecule has 1 amide bonds. The minimum atomic E-state index is -5.08. The highest BCUT2D eigenvalue weighted by Gasteiger charge is 2.45. The summed E-state index contributed by atoms with van der Waals surface area (Å²) in [7, 11) is 0. The number of aliphatic carboxylic acids is 2. The zero-order chi connectivity index (χ0) is 27.8. The number of halogens is 6. The molecule has 2 N–H and O–H groups in total. The number of carbonyl (C=O) groups is 3. The fraction of sp³-hybridized carbons (Fsp3) is 0.619. The molecule has 3 saturated heterocycles. The van der Waals surface area contributed by atoms with Gasteiger partial charge < -0.3 is 14.9 Å². The molecule has 208 valence electrons. The molecule has 3 aliphatic heterocycles. The first kappa shape index (κ1) is 30.2. The lowest BCUT2D eigenvalue weighted by molar-refractivity contribution is -0.193. The van der Waals surface area contributed by atoms with Gasteiger partial charge >= 0.3 is 24.3 Å². The van der Waals surface area contributed by atoms with E-state index < -0.39 is 24.3 Å². The van der Waals surface area contributed by atoms with Crippen LogP contribution < -0.4 is 0 Å². The number of ether oxygens (including phenoxy) is 1. The number of hydrogen-bond donors (Lipinski definition) is 2. The van der Waals surface area contributed by atoms with Gasteiger partial charge in [0.2, 0.25) is 0 Å². The molecule has 0 aliphatic carbocycles. The van der Waals surface area contributed by atoms with Crippen LogP contribution in [0.3, 0.4) is 0 Å². The molecule has 0 spiro atoms. The van der Waals surface area contributed by atoms with Crippen LogP contribution >= 0.6 is 0 Å². The molecule has 0 radical (unpaired) electrons. The normalized spacial score (nSPS) is 23.7. The molecular formula is C21H25F6N3O7. The summed E-state index contributed by atoms with van der Waals surface area (Å²) < 4.78 is 69.2. The molecule has 1 aromatic heterocycles. The lowest BCUT2D eigenvalue weighted by atomic mass is 9.82. The number of hydrogen-bond acceptors (Lipinski definition) is 7. The number of carboxylic acid groups (broad SMARTS) is 2. The van der Waals surface area contributed by atoms with Gasteiger partial charge in [0.15, 0.2) is 0 Å². The van der Waals surface area contributed by atoms with Gasteiger partial charge in [-0.05, 0) is 29.9 Å². The Morgan fingerprint density at radius 3 is 2.14 bits per heavy atom. The van der Waals surface area contributed by atoms with Crippen LogP contribution in [0.15, 0.2) is 24.5 Å². The molecular weight excluding hydrogens is 520 g/mol. The molecule has 4 rings (SSSR count). The van der Waals surface area contributed by atoms with Crippen molar-refractivity contribution in [3.8, 4) is 0 Å². The van der Waals surface area contributed by atoms with Crippen LogP contribution in [0, 0.1) is 17.8 Å². The summed E-state index contributed by atoms with van der Waals surface area (Å²) in [5, 5.41) is 15.8. The Balaban J connectivity index is 0.000000286. The van der Waals surface area contributed by atoms with E-state index in [0.717, 1.165) is 32.7 Å². The molecule has 0 bridgehead atoms. The quantitative estimate of drug-likeness (QED) is 0.550. The summed E-state index contributed by atoms with van der Waals surface area (Å²) in [4.78, 5) is 42.5. The van der Waals surface area contributed by atoms with E-state index in [4.69, 9.17) is 29.4 Å². The van der Waals surface area contributed by atoms with E-state index in [-0.39, 0.29) is 11.8 Å². The van der Waals surface area contributed by atoms with Crippen LogP contribution in [0.2, 0.25) is 0 Å². The number of carboxylic acids is 2. The highest BCUT2D eigenvalue weighted by molar-refractivity contribution is 5.78. The Bertz CT molecular complexity index is 886. The van der Waals surface area contributed by atoms with Gasteiger partial charge in [0.05, 0.1) is 32.3 Å². The average molecular weight is 545 g/mol. The fourth-order valence-electron chi connectivity index (χ4n) is 4.03. The van der Waals surface area contributed by atoms with Gasteiger partial charge in [-0.25, -0.2) is 14.7 Å². The number of amides is 1. The molecule has 3 fully saturated rings. The third-order valence-electron chi connectivity index (χ3n) is 5.64. The fourth-order valence-corrected chi connectivity index (χ4v) is 4.03. The largest absolute Gasteiger partial charge is 0.490 e. The van der Waals surface area contributed by atoms with E-state index in [9.17, 15) is 31.1 Å². The maximum Gasteiger partial charge on any atom is 0.490 e. The van der Waals surface area contributed by atoms with E-state index in [0.29, 0.717) is 31.6 Å². The van der Waals surface area contributed by atoms with Crippen LogP contribution in [0.5, 0.6) is 0 Å². The lowest BCUT2D eigenvalue weighted by Gasteiger charge is -2.33. The Labute approximate surface area is 206 Å². The maximum absolute atomic E-state index is 12.7. The number of aromatic nitrogens is 1. The summed E-state index contributed by atoms with van der Waals surface area (Å²) in [6, 6.07) is 4.07. The number of hydroxylamine groups is 2. The van der Waals surface area contributed by atoms with E-state index in [1.807, 2.05) is 12.3 Å². The number of alkyl halides is 6. The van der Waals surface area contributed by atoms with E-state index in [1.54, 1.807) is 11.3 Å². The Morgan fingerprint density at radius 1 is 1.03 bits per heavy atom. The van der Waals surface area contributed by atoms with E-state index in [2.05, 4.69) is 16.0 Å². The molecule has 10 nitrogen and oxygen atoms in total. The van der Waals surface area contributed by atoms with Crippen molar-refractivity contribution in [1.29, 1.82) is 0 Å². The Morgan fingerprint density at radius 2 is 1.65 bits per heavy atom. The van der Waals surface area contributed by atoms with Crippen molar-refractivity contribution in [2.75, 3.05) is 39.5 Å². The van der Waals surface area contributed by atoms with Crippen LogP contribution in [0.1, 0.15) is 12.0 Å². The third-order valence-corrected chi connectivity index (χ3v) is 5.64. The number of pyridine rings is 1. The van der Waals surface area contributed by atoms with Crippen molar-refractivity contribution < 1.29 is 60.5 Å². The topological polar surface area (TPSA) is 129 Å². The van der Waals surface area contributed by atoms with E-state index in [1.165, 1.54) is 5.56 Å². The minimum Gasteiger partial charge on any atom is -0.475 e. The van der Waals surface area contributed by atoms with Crippen LogP contribution in [0.25, 0.3) is 0 Å². The van der Waals surface area contributed by atoms with Gasteiger partial charge in [-0.3, -0.25) is 19.5 Å². The second kappa shape index (κ2) is 13.0.